The molecule has 9 nitrogen and oxygen atoms in total. The summed E-state index contributed by atoms with van der Waals surface area (Å²) < 4.78 is 46.3. The molecule has 0 aromatic heterocycles. The van der Waals surface area contributed by atoms with Crippen molar-refractivity contribution in [3.63, 3.8) is 0 Å². The van der Waals surface area contributed by atoms with Gasteiger partial charge in [0.1, 0.15) is 11.1 Å². The molecule has 2 heterocycles. The van der Waals surface area contributed by atoms with Gasteiger partial charge in [0.25, 0.3) is 5.91 Å². The molecule has 216 valence electrons. The number of nitrogens with zero attached hydrogens (tertiary/aromatic N) is 5. The fraction of sp³-hybridized carbons (Fsp3) is 0.448. The van der Waals surface area contributed by atoms with E-state index in [1.807, 2.05) is 32.9 Å². The minimum atomic E-state index is -4.82. The number of carbonyl (C=O) groups excluding carboxylic acids is 3. The summed E-state index contributed by atoms with van der Waals surface area (Å²) in [4.78, 5) is 48.5. The van der Waals surface area contributed by atoms with Crippen molar-refractivity contribution >= 4 is 40.8 Å². The molecule has 2 saturated heterocycles. The van der Waals surface area contributed by atoms with E-state index in [1.165, 1.54) is 11.0 Å². The van der Waals surface area contributed by atoms with Crippen LogP contribution in [0.15, 0.2) is 42.5 Å². The zero-order valence-electron chi connectivity index (χ0n) is 23.0. The first-order chi connectivity index (χ1) is 19.2. The van der Waals surface area contributed by atoms with Gasteiger partial charge >= 0.3 is 18.3 Å². The Bertz CT molecular complexity index is 1420. The number of benzene rings is 2. The molecule has 1 aliphatic carbocycles. The number of rotatable bonds is 3. The Morgan fingerprint density at radius 2 is 1.51 bits per heavy atom. The lowest BCUT2D eigenvalue weighted by molar-refractivity contribution is -0.137. The zero-order chi connectivity index (χ0) is 29.7. The van der Waals surface area contributed by atoms with Crippen molar-refractivity contribution in [2.75, 3.05) is 40.9 Å². The highest BCUT2D eigenvalue weighted by Crippen LogP contribution is 2.49. The highest BCUT2D eigenvalue weighted by atomic mass is 19.4. The van der Waals surface area contributed by atoms with Crippen molar-refractivity contribution in [2.45, 2.75) is 57.3 Å². The van der Waals surface area contributed by atoms with Crippen LogP contribution in [0.2, 0.25) is 0 Å². The lowest BCUT2D eigenvalue weighted by Crippen LogP contribution is -2.55. The van der Waals surface area contributed by atoms with Crippen LogP contribution in [0.3, 0.4) is 0 Å². The third kappa shape index (κ3) is 5.05. The van der Waals surface area contributed by atoms with Crippen LogP contribution in [-0.2, 0) is 15.7 Å². The van der Waals surface area contributed by atoms with Gasteiger partial charge in [-0.2, -0.15) is 13.2 Å². The number of hydrogen-bond donors (Lipinski definition) is 0. The quantitative estimate of drug-likeness (QED) is 0.325. The van der Waals surface area contributed by atoms with Crippen LogP contribution in [0, 0.1) is 6.57 Å². The minimum Gasteiger partial charge on any atom is -0.444 e. The average molecular weight is 570 g/mol. The van der Waals surface area contributed by atoms with Gasteiger partial charge in [0.05, 0.1) is 17.8 Å². The molecule has 12 heteroatoms. The number of imide groups is 1. The molecule has 3 fully saturated rings. The number of carbonyl (C=O) groups is 3. The molecule has 0 radical (unpaired) electrons. The molecule has 1 spiro atoms. The van der Waals surface area contributed by atoms with E-state index >= 15 is 0 Å². The fourth-order valence-electron chi connectivity index (χ4n) is 5.48. The van der Waals surface area contributed by atoms with Gasteiger partial charge in [-0.1, -0.05) is 6.07 Å². The third-order valence-corrected chi connectivity index (χ3v) is 7.66. The van der Waals surface area contributed by atoms with E-state index in [9.17, 15) is 27.6 Å². The molecule has 1 saturated carbocycles. The second-order valence-corrected chi connectivity index (χ2v) is 11.4. The fourth-order valence-corrected chi connectivity index (χ4v) is 5.48. The van der Waals surface area contributed by atoms with Crippen LogP contribution in [0.5, 0.6) is 0 Å². The average Bonchev–Trinajstić information content (AvgIpc) is 3.13. The van der Waals surface area contributed by atoms with E-state index in [0.29, 0.717) is 57.2 Å². The maximum absolute atomic E-state index is 13.7. The molecule has 0 atom stereocenters. The first-order valence-electron chi connectivity index (χ1n) is 13.4. The van der Waals surface area contributed by atoms with Crippen LogP contribution < -0.4 is 14.7 Å². The molecule has 0 unspecified atom stereocenters. The normalized spacial score (nSPS) is 19.0. The van der Waals surface area contributed by atoms with Crippen LogP contribution in [0.4, 0.5) is 45.5 Å². The summed E-state index contributed by atoms with van der Waals surface area (Å²) in [6, 6.07) is 9.28. The topological polar surface area (TPSA) is 77.8 Å². The van der Waals surface area contributed by atoms with E-state index in [-0.39, 0.29) is 11.8 Å². The second-order valence-electron chi connectivity index (χ2n) is 11.4. The SMILES string of the molecule is [C-]#[N+]c1ccc(N2C(=O)N(c3ccc(N4CCN(C(=O)OC(C)(C)C)CC4)cc3)C3(CCC3)C2=O)cc1C(F)(F)F. The number of ether oxygens (including phenoxy) is 1. The minimum absolute atomic E-state index is 0.215. The first kappa shape index (κ1) is 28.3. The van der Waals surface area contributed by atoms with Crippen molar-refractivity contribution < 1.29 is 32.3 Å². The van der Waals surface area contributed by atoms with Gasteiger partial charge in [-0.3, -0.25) is 9.69 Å². The van der Waals surface area contributed by atoms with Crippen LogP contribution in [0.1, 0.15) is 45.6 Å². The van der Waals surface area contributed by atoms with Gasteiger partial charge in [0.2, 0.25) is 0 Å². The predicted octanol–water partition coefficient (Wildman–Crippen LogP) is 6.21. The number of hydrogen-bond acceptors (Lipinski definition) is 5. The Hall–Kier alpha value is -4.27. The van der Waals surface area contributed by atoms with Gasteiger partial charge in [-0.25, -0.2) is 19.3 Å². The molecule has 2 aromatic rings. The summed E-state index contributed by atoms with van der Waals surface area (Å²) in [7, 11) is 0. The number of halogens is 3. The molecule has 3 aliphatic rings. The van der Waals surface area contributed by atoms with Crippen LogP contribution >= 0.6 is 0 Å². The van der Waals surface area contributed by atoms with Crippen molar-refractivity contribution in [1.82, 2.24) is 4.90 Å². The highest BCUT2D eigenvalue weighted by Gasteiger charge is 2.61. The molecule has 0 bridgehead atoms. The van der Waals surface area contributed by atoms with Gasteiger partial charge in [-0.05, 0) is 76.4 Å². The van der Waals surface area contributed by atoms with Gasteiger partial charge in [-0.15, -0.1) is 0 Å². The van der Waals surface area contributed by atoms with Crippen molar-refractivity contribution in [2.24, 2.45) is 0 Å². The molecule has 41 heavy (non-hydrogen) atoms. The number of urea groups is 1. The summed E-state index contributed by atoms with van der Waals surface area (Å²) in [6.45, 7) is 14.7. The maximum atomic E-state index is 13.7. The lowest BCUT2D eigenvalue weighted by Gasteiger charge is -2.42. The Morgan fingerprint density at radius 1 is 0.927 bits per heavy atom. The summed E-state index contributed by atoms with van der Waals surface area (Å²) >= 11 is 0. The molecule has 5 rings (SSSR count). The van der Waals surface area contributed by atoms with E-state index < -0.39 is 40.5 Å². The molecule has 4 amide bonds. The largest absolute Gasteiger partial charge is 0.444 e. The lowest BCUT2D eigenvalue weighted by atomic mass is 9.75. The number of amides is 4. The summed E-state index contributed by atoms with van der Waals surface area (Å²) in [5.41, 5.74) is -2.40. The smallest absolute Gasteiger partial charge is 0.410 e. The first-order valence-corrected chi connectivity index (χ1v) is 13.4. The molecule has 2 aromatic carbocycles. The van der Waals surface area contributed by atoms with E-state index in [1.54, 1.807) is 17.0 Å². The monoisotopic (exact) mass is 569 g/mol. The van der Waals surface area contributed by atoms with Crippen LogP contribution in [0.25, 0.3) is 4.85 Å². The highest BCUT2D eigenvalue weighted by molar-refractivity contribution is 6.31. The van der Waals surface area contributed by atoms with Gasteiger partial charge in [0, 0.05) is 37.6 Å². The maximum Gasteiger partial charge on any atom is 0.410 e. The van der Waals surface area contributed by atoms with Crippen molar-refractivity contribution in [3.8, 4) is 0 Å². The molecular formula is C29H30F3N5O4. The number of alkyl halides is 3. The Balaban J connectivity index is 1.36. The molecule has 0 N–H and O–H groups in total. The van der Waals surface area contributed by atoms with Crippen LogP contribution in [-0.4, -0.2) is 60.3 Å². The van der Waals surface area contributed by atoms with Gasteiger partial charge < -0.3 is 14.5 Å². The Kier molecular flexibility index (Phi) is 6.88. The van der Waals surface area contributed by atoms with E-state index in [0.717, 1.165) is 16.7 Å². The van der Waals surface area contributed by atoms with E-state index in [4.69, 9.17) is 11.3 Å². The van der Waals surface area contributed by atoms with Crippen molar-refractivity contribution in [1.29, 1.82) is 0 Å². The summed E-state index contributed by atoms with van der Waals surface area (Å²) in [6.07, 6.45) is -3.67. The molecular weight excluding hydrogens is 539 g/mol. The zero-order valence-corrected chi connectivity index (χ0v) is 23.0. The number of anilines is 3. The predicted molar refractivity (Wildman–Crippen MR) is 146 cm³/mol. The summed E-state index contributed by atoms with van der Waals surface area (Å²) in [5.74, 6) is -0.570. The number of piperazine rings is 1. The molecule has 2 aliphatic heterocycles. The Labute approximate surface area is 235 Å². The summed E-state index contributed by atoms with van der Waals surface area (Å²) in [5, 5.41) is 0. The second kappa shape index (κ2) is 9.98. The van der Waals surface area contributed by atoms with Crippen molar-refractivity contribution in [3.05, 3.63) is 59.4 Å². The Morgan fingerprint density at radius 3 is 2.02 bits per heavy atom. The van der Waals surface area contributed by atoms with Gasteiger partial charge in [0.15, 0.2) is 5.69 Å². The third-order valence-electron chi connectivity index (χ3n) is 7.66. The standard InChI is InChI=1S/C29H30F3N5O4/c1-27(2,3)41-26(40)35-16-14-34(15-17-35)19-6-8-20(9-7-19)37-25(39)36(24(38)28(37)12-5-13-28)21-10-11-23(33-4)22(18-21)29(30,31)32/h6-11,18H,5,12-17H2,1-3H3. The van der Waals surface area contributed by atoms with E-state index in [2.05, 4.69) is 9.74 Å².